The van der Waals surface area contributed by atoms with Gasteiger partial charge in [0.15, 0.2) is 0 Å². The first-order valence-electron chi connectivity index (χ1n) is 5.32. The minimum atomic E-state index is 0. The topological polar surface area (TPSA) is 21.3 Å². The van der Waals surface area contributed by atoms with Crippen LogP contribution >= 0.6 is 12.4 Å². The summed E-state index contributed by atoms with van der Waals surface area (Å²) in [6.07, 6.45) is 1.30. The highest BCUT2D eigenvalue weighted by molar-refractivity contribution is 5.85. The van der Waals surface area contributed by atoms with Gasteiger partial charge in [0.05, 0.1) is 12.7 Å². The molecule has 1 heterocycles. The number of likely N-dealkylation sites (N-methyl/N-ethyl adjacent to an activating group) is 1. The van der Waals surface area contributed by atoms with Crippen molar-refractivity contribution in [3.8, 4) is 0 Å². The van der Waals surface area contributed by atoms with Gasteiger partial charge in [-0.05, 0) is 24.1 Å². The molecule has 0 radical (unpaired) electrons. The lowest BCUT2D eigenvalue weighted by Gasteiger charge is -2.26. The van der Waals surface area contributed by atoms with Crippen LogP contribution in [-0.2, 0) is 11.2 Å². The van der Waals surface area contributed by atoms with Crippen molar-refractivity contribution in [2.45, 2.75) is 19.4 Å². The van der Waals surface area contributed by atoms with Gasteiger partial charge < -0.3 is 10.1 Å². The molecule has 1 N–H and O–H groups in total. The molecule has 1 aliphatic heterocycles. The van der Waals surface area contributed by atoms with Crippen LogP contribution in [-0.4, -0.2) is 19.7 Å². The highest BCUT2D eigenvalue weighted by Crippen LogP contribution is 2.25. The van der Waals surface area contributed by atoms with E-state index in [2.05, 4.69) is 36.5 Å². The van der Waals surface area contributed by atoms with Crippen LogP contribution in [0.4, 0.5) is 0 Å². The number of ether oxygens (including phenoxy) is 1. The van der Waals surface area contributed by atoms with E-state index in [0.29, 0.717) is 0 Å². The van der Waals surface area contributed by atoms with Gasteiger partial charge in [0, 0.05) is 6.54 Å². The maximum absolute atomic E-state index is 5.74. The first-order valence-corrected chi connectivity index (χ1v) is 5.32. The zero-order valence-corrected chi connectivity index (χ0v) is 9.85. The molecular formula is C12H18ClNO. The number of fused-ring (bicyclic) bond motifs is 1. The lowest BCUT2D eigenvalue weighted by atomic mass is 9.98. The van der Waals surface area contributed by atoms with Gasteiger partial charge in [0.1, 0.15) is 0 Å². The third-order valence-electron chi connectivity index (χ3n) is 2.67. The molecule has 0 saturated heterocycles. The Morgan fingerprint density at radius 1 is 1.40 bits per heavy atom. The van der Waals surface area contributed by atoms with Crippen LogP contribution < -0.4 is 5.32 Å². The molecule has 0 aromatic heterocycles. The van der Waals surface area contributed by atoms with E-state index in [0.717, 1.165) is 26.1 Å². The Balaban J connectivity index is 0.00000112. The lowest BCUT2D eigenvalue weighted by Crippen LogP contribution is -2.27. The van der Waals surface area contributed by atoms with Crippen molar-refractivity contribution in [3.63, 3.8) is 0 Å². The van der Waals surface area contributed by atoms with E-state index < -0.39 is 0 Å². The minimum Gasteiger partial charge on any atom is -0.372 e. The standard InChI is InChI=1S/C12H17NO.ClH/c1-2-13-9-12-11-6-4-3-5-10(11)7-8-14-12;/h3-6,12-13H,2,7-9H2,1H3;1H. The maximum Gasteiger partial charge on any atom is 0.0952 e. The summed E-state index contributed by atoms with van der Waals surface area (Å²) in [5.41, 5.74) is 2.81. The molecule has 0 spiro atoms. The van der Waals surface area contributed by atoms with E-state index in [9.17, 15) is 0 Å². The predicted octanol–water partition coefficient (Wildman–Crippen LogP) is 2.33. The smallest absolute Gasteiger partial charge is 0.0952 e. The van der Waals surface area contributed by atoms with Crippen molar-refractivity contribution >= 4 is 12.4 Å². The summed E-state index contributed by atoms with van der Waals surface area (Å²) in [5.74, 6) is 0. The number of benzene rings is 1. The Hall–Kier alpha value is -0.570. The van der Waals surface area contributed by atoms with Gasteiger partial charge in [-0.2, -0.15) is 0 Å². The van der Waals surface area contributed by atoms with Crippen molar-refractivity contribution in [3.05, 3.63) is 35.4 Å². The molecule has 1 aromatic carbocycles. The van der Waals surface area contributed by atoms with E-state index in [-0.39, 0.29) is 18.5 Å². The van der Waals surface area contributed by atoms with Gasteiger partial charge in [-0.3, -0.25) is 0 Å². The summed E-state index contributed by atoms with van der Waals surface area (Å²) in [5, 5.41) is 3.33. The molecule has 2 rings (SSSR count). The molecular weight excluding hydrogens is 210 g/mol. The van der Waals surface area contributed by atoms with E-state index in [1.807, 2.05) is 0 Å². The average molecular weight is 228 g/mol. The highest BCUT2D eigenvalue weighted by Gasteiger charge is 2.19. The van der Waals surface area contributed by atoms with E-state index >= 15 is 0 Å². The molecule has 1 atom stereocenters. The van der Waals surface area contributed by atoms with E-state index in [1.54, 1.807) is 0 Å². The summed E-state index contributed by atoms with van der Waals surface area (Å²) in [6, 6.07) is 8.58. The molecule has 2 nitrogen and oxygen atoms in total. The molecule has 0 saturated carbocycles. The lowest BCUT2D eigenvalue weighted by molar-refractivity contribution is 0.0429. The molecule has 0 aliphatic carbocycles. The third-order valence-corrected chi connectivity index (χ3v) is 2.67. The Morgan fingerprint density at radius 2 is 2.20 bits per heavy atom. The summed E-state index contributed by atoms with van der Waals surface area (Å²) >= 11 is 0. The second-order valence-corrected chi connectivity index (χ2v) is 3.62. The Bertz CT molecular complexity index is 303. The van der Waals surface area contributed by atoms with Gasteiger partial charge in [-0.25, -0.2) is 0 Å². The van der Waals surface area contributed by atoms with Crippen LogP contribution in [0.1, 0.15) is 24.2 Å². The molecule has 84 valence electrons. The Morgan fingerprint density at radius 3 is 3.00 bits per heavy atom. The molecule has 1 aromatic rings. The summed E-state index contributed by atoms with van der Waals surface area (Å²) in [4.78, 5) is 0. The maximum atomic E-state index is 5.74. The van der Waals surface area contributed by atoms with Crippen molar-refractivity contribution in [1.82, 2.24) is 5.32 Å². The van der Waals surface area contributed by atoms with Crippen molar-refractivity contribution in [2.24, 2.45) is 0 Å². The molecule has 1 aliphatic rings. The first-order chi connectivity index (χ1) is 6.92. The quantitative estimate of drug-likeness (QED) is 0.856. The van der Waals surface area contributed by atoms with Crippen LogP contribution in [0, 0.1) is 0 Å². The van der Waals surface area contributed by atoms with Crippen LogP contribution in [0.15, 0.2) is 24.3 Å². The normalized spacial score (nSPS) is 19.1. The zero-order chi connectivity index (χ0) is 9.80. The van der Waals surface area contributed by atoms with Gasteiger partial charge in [-0.15, -0.1) is 12.4 Å². The van der Waals surface area contributed by atoms with Gasteiger partial charge in [0.2, 0.25) is 0 Å². The molecule has 0 fully saturated rings. The molecule has 0 amide bonds. The Kier molecular flexibility index (Phi) is 5.09. The van der Waals surface area contributed by atoms with Gasteiger partial charge >= 0.3 is 0 Å². The van der Waals surface area contributed by atoms with Crippen molar-refractivity contribution in [1.29, 1.82) is 0 Å². The monoisotopic (exact) mass is 227 g/mol. The van der Waals surface area contributed by atoms with Crippen LogP contribution in [0.5, 0.6) is 0 Å². The van der Waals surface area contributed by atoms with E-state index in [4.69, 9.17) is 4.74 Å². The predicted molar refractivity (Wildman–Crippen MR) is 64.6 cm³/mol. The van der Waals surface area contributed by atoms with Gasteiger partial charge in [-0.1, -0.05) is 31.2 Å². The van der Waals surface area contributed by atoms with E-state index in [1.165, 1.54) is 11.1 Å². The number of halogens is 1. The number of hydrogen-bond donors (Lipinski definition) is 1. The largest absolute Gasteiger partial charge is 0.372 e. The third kappa shape index (κ3) is 2.94. The fourth-order valence-electron chi connectivity index (χ4n) is 1.92. The van der Waals surface area contributed by atoms with Crippen molar-refractivity contribution < 1.29 is 4.74 Å². The number of hydrogen-bond acceptors (Lipinski definition) is 2. The summed E-state index contributed by atoms with van der Waals surface area (Å²) in [6.45, 7) is 4.90. The number of rotatable bonds is 3. The zero-order valence-electron chi connectivity index (χ0n) is 9.03. The fourth-order valence-corrected chi connectivity index (χ4v) is 1.92. The molecule has 1 unspecified atom stereocenters. The SMILES string of the molecule is CCNCC1OCCc2ccccc21.Cl. The first kappa shape index (κ1) is 12.5. The summed E-state index contributed by atoms with van der Waals surface area (Å²) in [7, 11) is 0. The minimum absolute atomic E-state index is 0. The molecule has 3 heteroatoms. The average Bonchev–Trinajstić information content (AvgIpc) is 2.26. The fraction of sp³-hybridized carbons (Fsp3) is 0.500. The van der Waals surface area contributed by atoms with Crippen LogP contribution in [0.2, 0.25) is 0 Å². The second-order valence-electron chi connectivity index (χ2n) is 3.62. The number of nitrogens with one attached hydrogen (secondary N) is 1. The van der Waals surface area contributed by atoms with Gasteiger partial charge in [0.25, 0.3) is 0 Å². The van der Waals surface area contributed by atoms with Crippen LogP contribution in [0.3, 0.4) is 0 Å². The van der Waals surface area contributed by atoms with Crippen LogP contribution in [0.25, 0.3) is 0 Å². The summed E-state index contributed by atoms with van der Waals surface area (Å²) < 4.78 is 5.74. The Labute approximate surface area is 97.4 Å². The van der Waals surface area contributed by atoms with Crippen molar-refractivity contribution in [2.75, 3.05) is 19.7 Å². The highest BCUT2D eigenvalue weighted by atomic mass is 35.5. The molecule has 0 bridgehead atoms. The molecule has 15 heavy (non-hydrogen) atoms. The second kappa shape index (κ2) is 6.11.